The summed E-state index contributed by atoms with van der Waals surface area (Å²) >= 11 is 0. The fraction of sp³-hybridized carbons (Fsp3) is 0.533. The molecule has 0 aromatic heterocycles. The molecule has 1 saturated carbocycles. The first-order chi connectivity index (χ1) is 10.3. The molecule has 2 aliphatic rings. The summed E-state index contributed by atoms with van der Waals surface area (Å²) in [5, 5.41) is 0. The Kier molecular flexibility index (Phi) is 3.94. The zero-order valence-electron chi connectivity index (χ0n) is 12.3. The van der Waals surface area contributed by atoms with Gasteiger partial charge in [0.1, 0.15) is 5.82 Å². The molecule has 5 nitrogen and oxygen atoms in total. The number of piperidine rings is 1. The van der Waals surface area contributed by atoms with Gasteiger partial charge in [-0.05, 0) is 30.4 Å². The van der Waals surface area contributed by atoms with Gasteiger partial charge in [-0.25, -0.2) is 17.5 Å². The number of nitrogens with zero attached hydrogens (tertiary/aromatic N) is 1. The van der Waals surface area contributed by atoms with E-state index in [0.29, 0.717) is 18.5 Å². The molecule has 1 aliphatic heterocycles. The van der Waals surface area contributed by atoms with Gasteiger partial charge >= 0.3 is 0 Å². The van der Waals surface area contributed by atoms with Crippen LogP contribution in [-0.4, -0.2) is 44.1 Å². The third kappa shape index (κ3) is 3.15. The number of nitrogens with one attached hydrogen (secondary N) is 1. The molecule has 2 bridgehead atoms. The van der Waals surface area contributed by atoms with Crippen LogP contribution in [0.25, 0.3) is 0 Å². The van der Waals surface area contributed by atoms with E-state index in [1.165, 1.54) is 6.07 Å². The van der Waals surface area contributed by atoms with Gasteiger partial charge in [0, 0.05) is 18.6 Å². The molecule has 0 spiro atoms. The van der Waals surface area contributed by atoms with E-state index in [2.05, 4.69) is 4.72 Å². The summed E-state index contributed by atoms with van der Waals surface area (Å²) in [7, 11) is -3.22. The van der Waals surface area contributed by atoms with Crippen LogP contribution in [0.2, 0.25) is 0 Å². The van der Waals surface area contributed by atoms with Gasteiger partial charge in [0.05, 0.1) is 12.7 Å². The first kappa shape index (κ1) is 15.4. The van der Waals surface area contributed by atoms with Crippen LogP contribution in [0, 0.1) is 11.7 Å². The molecule has 1 aromatic rings. The predicted octanol–water partition coefficient (Wildman–Crippen LogP) is 0.907. The van der Waals surface area contributed by atoms with E-state index in [9.17, 15) is 17.6 Å². The summed E-state index contributed by atoms with van der Waals surface area (Å²) in [5.74, 6) is -0.295. The third-order valence-corrected chi connectivity index (χ3v) is 5.26. The number of likely N-dealkylation sites (tertiary alicyclic amines) is 1. The Morgan fingerprint density at radius 2 is 2.09 bits per heavy atom. The molecule has 1 saturated heterocycles. The van der Waals surface area contributed by atoms with E-state index in [0.717, 1.165) is 12.7 Å². The summed E-state index contributed by atoms with van der Waals surface area (Å²) in [6.07, 6.45) is 2.66. The second-order valence-electron chi connectivity index (χ2n) is 6.20. The third-order valence-electron chi connectivity index (χ3n) is 4.53. The molecule has 0 radical (unpaired) electrons. The predicted molar refractivity (Wildman–Crippen MR) is 80.1 cm³/mol. The molecule has 3 atom stereocenters. The van der Waals surface area contributed by atoms with Gasteiger partial charge in [-0.2, -0.15) is 0 Å². The largest absolute Gasteiger partial charge is 0.339 e. The average molecular weight is 326 g/mol. The standard InChI is InChI=1S/C15H19FN2O3S/c1-22(20,21)17-14-8-12-6-11(14)9-18(12)15(19)7-10-4-2-3-5-13(10)16/h2-5,11-12,14,17H,6-9H2,1H3. The SMILES string of the molecule is CS(=O)(=O)NC1CC2CC1CN2C(=O)Cc1ccccc1F. The number of hydrogen-bond acceptors (Lipinski definition) is 3. The molecule has 3 unspecified atom stereocenters. The van der Waals surface area contributed by atoms with Crippen molar-refractivity contribution in [1.29, 1.82) is 0 Å². The topological polar surface area (TPSA) is 66.5 Å². The normalized spacial score (nSPS) is 27.4. The van der Waals surface area contributed by atoms with Crippen LogP contribution < -0.4 is 4.72 Å². The molecule has 1 N–H and O–H groups in total. The van der Waals surface area contributed by atoms with Crippen LogP contribution in [0.5, 0.6) is 0 Å². The number of benzene rings is 1. The second kappa shape index (κ2) is 5.62. The molecule has 3 rings (SSSR count). The summed E-state index contributed by atoms with van der Waals surface area (Å²) in [6, 6.07) is 6.26. The van der Waals surface area contributed by atoms with Gasteiger partial charge in [-0.3, -0.25) is 4.79 Å². The van der Waals surface area contributed by atoms with E-state index in [1.807, 2.05) is 0 Å². The smallest absolute Gasteiger partial charge is 0.227 e. The summed E-state index contributed by atoms with van der Waals surface area (Å²) in [5.41, 5.74) is 0.404. The first-order valence-electron chi connectivity index (χ1n) is 7.33. The highest BCUT2D eigenvalue weighted by atomic mass is 32.2. The van der Waals surface area contributed by atoms with Gasteiger partial charge in [0.15, 0.2) is 0 Å². The van der Waals surface area contributed by atoms with E-state index >= 15 is 0 Å². The van der Waals surface area contributed by atoms with Gasteiger partial charge < -0.3 is 4.90 Å². The molecular formula is C15H19FN2O3S. The van der Waals surface area contributed by atoms with Crippen LogP contribution in [0.15, 0.2) is 24.3 Å². The number of sulfonamides is 1. The Balaban J connectivity index is 1.63. The zero-order valence-corrected chi connectivity index (χ0v) is 13.1. The lowest BCUT2D eigenvalue weighted by Crippen LogP contribution is -2.47. The minimum Gasteiger partial charge on any atom is -0.339 e. The van der Waals surface area contributed by atoms with Crippen molar-refractivity contribution in [1.82, 2.24) is 9.62 Å². The lowest BCUT2D eigenvalue weighted by molar-refractivity contribution is -0.132. The van der Waals surface area contributed by atoms with Crippen molar-refractivity contribution in [3.63, 3.8) is 0 Å². The van der Waals surface area contributed by atoms with Crippen molar-refractivity contribution in [3.8, 4) is 0 Å². The summed E-state index contributed by atoms with van der Waals surface area (Å²) in [4.78, 5) is 14.1. The van der Waals surface area contributed by atoms with Crippen LogP contribution in [0.4, 0.5) is 4.39 Å². The van der Waals surface area contributed by atoms with E-state index < -0.39 is 10.0 Å². The van der Waals surface area contributed by atoms with Crippen LogP contribution >= 0.6 is 0 Å². The van der Waals surface area contributed by atoms with Gasteiger partial charge in [-0.15, -0.1) is 0 Å². The van der Waals surface area contributed by atoms with Crippen LogP contribution in [0.1, 0.15) is 18.4 Å². The highest BCUT2D eigenvalue weighted by molar-refractivity contribution is 7.88. The van der Waals surface area contributed by atoms with E-state index in [4.69, 9.17) is 0 Å². The molecular weight excluding hydrogens is 307 g/mol. The maximum absolute atomic E-state index is 13.6. The monoisotopic (exact) mass is 326 g/mol. The number of halogens is 1. The molecule has 2 fully saturated rings. The molecule has 22 heavy (non-hydrogen) atoms. The van der Waals surface area contributed by atoms with Crippen molar-refractivity contribution in [2.24, 2.45) is 5.92 Å². The van der Waals surface area contributed by atoms with Crippen molar-refractivity contribution < 1.29 is 17.6 Å². The number of carbonyl (C=O) groups is 1. The maximum atomic E-state index is 13.6. The van der Waals surface area contributed by atoms with E-state index in [1.54, 1.807) is 23.1 Å². The molecule has 120 valence electrons. The van der Waals surface area contributed by atoms with Crippen molar-refractivity contribution in [3.05, 3.63) is 35.6 Å². The van der Waals surface area contributed by atoms with Crippen LogP contribution in [0.3, 0.4) is 0 Å². The Morgan fingerprint density at radius 1 is 1.36 bits per heavy atom. The Bertz CT molecular complexity index is 692. The Morgan fingerprint density at radius 3 is 2.68 bits per heavy atom. The van der Waals surface area contributed by atoms with Crippen molar-refractivity contribution >= 4 is 15.9 Å². The minimum absolute atomic E-state index is 0.0556. The van der Waals surface area contributed by atoms with E-state index in [-0.39, 0.29) is 36.1 Å². The molecule has 1 heterocycles. The Hall–Kier alpha value is -1.47. The minimum atomic E-state index is -3.22. The lowest BCUT2D eigenvalue weighted by atomic mass is 10.0. The maximum Gasteiger partial charge on any atom is 0.227 e. The summed E-state index contributed by atoms with van der Waals surface area (Å²) in [6.45, 7) is 0.547. The van der Waals surface area contributed by atoms with Crippen molar-refractivity contribution in [2.75, 3.05) is 12.8 Å². The summed E-state index contributed by atoms with van der Waals surface area (Å²) < 4.78 is 38.9. The average Bonchev–Trinajstić information content (AvgIpc) is 2.99. The van der Waals surface area contributed by atoms with Gasteiger partial charge in [-0.1, -0.05) is 18.2 Å². The fourth-order valence-corrected chi connectivity index (χ4v) is 4.42. The zero-order chi connectivity index (χ0) is 15.9. The fourth-order valence-electron chi connectivity index (χ4n) is 3.58. The van der Waals surface area contributed by atoms with Crippen LogP contribution in [-0.2, 0) is 21.2 Å². The first-order valence-corrected chi connectivity index (χ1v) is 9.23. The molecule has 1 aromatic carbocycles. The number of carbonyl (C=O) groups excluding carboxylic acids is 1. The molecule has 1 aliphatic carbocycles. The Labute approximate surface area is 129 Å². The number of rotatable bonds is 4. The lowest BCUT2D eigenvalue weighted by Gasteiger charge is -2.31. The highest BCUT2D eigenvalue weighted by Gasteiger charge is 2.47. The van der Waals surface area contributed by atoms with Crippen molar-refractivity contribution in [2.45, 2.75) is 31.3 Å². The second-order valence-corrected chi connectivity index (χ2v) is 7.98. The number of fused-ring (bicyclic) bond motifs is 2. The van der Waals surface area contributed by atoms with Gasteiger partial charge in [0.25, 0.3) is 0 Å². The molecule has 1 amide bonds. The number of hydrogen-bond donors (Lipinski definition) is 1. The number of amides is 1. The van der Waals surface area contributed by atoms with Gasteiger partial charge in [0.2, 0.25) is 15.9 Å². The quantitative estimate of drug-likeness (QED) is 0.894. The highest BCUT2D eigenvalue weighted by Crippen LogP contribution is 2.38. The molecule has 7 heteroatoms.